The van der Waals surface area contributed by atoms with Crippen molar-refractivity contribution in [1.82, 2.24) is 4.90 Å². The number of aliphatic hydroxyl groups is 1. The first-order chi connectivity index (χ1) is 9.82. The Kier molecular flexibility index (Phi) is 4.84. The first-order valence-corrected chi connectivity index (χ1v) is 7.86. The maximum absolute atomic E-state index is 12.6. The molecule has 1 aliphatic carbocycles. The molecule has 1 saturated carbocycles. The van der Waals surface area contributed by atoms with E-state index in [9.17, 15) is 9.90 Å². The van der Waals surface area contributed by atoms with E-state index in [1.54, 1.807) is 0 Å². The van der Waals surface area contributed by atoms with E-state index in [1.165, 1.54) is 5.56 Å². The lowest BCUT2D eigenvalue weighted by Crippen LogP contribution is -2.45. The summed E-state index contributed by atoms with van der Waals surface area (Å²) in [6, 6.07) is 5.66. The highest BCUT2D eigenvalue weighted by Gasteiger charge is 2.34. The van der Waals surface area contributed by atoms with E-state index in [0.29, 0.717) is 6.54 Å². The highest BCUT2D eigenvalue weighted by Crippen LogP contribution is 2.30. The number of carbonyl (C=O) groups is 1. The fraction of sp³-hybridized carbons (Fsp3) is 0.611. The Labute approximate surface area is 128 Å². The average molecular weight is 289 g/mol. The van der Waals surface area contributed by atoms with Crippen LogP contribution in [0, 0.1) is 13.8 Å². The van der Waals surface area contributed by atoms with Crippen LogP contribution >= 0.6 is 0 Å². The molecule has 0 amide bonds. The molecular formula is C18H27NO2. The Morgan fingerprint density at radius 1 is 1.29 bits per heavy atom. The van der Waals surface area contributed by atoms with E-state index in [4.69, 9.17) is 0 Å². The normalized spacial score (nSPS) is 19.0. The monoisotopic (exact) mass is 289 g/mol. The highest BCUT2D eigenvalue weighted by molar-refractivity contribution is 6.00. The molecule has 0 aliphatic heterocycles. The van der Waals surface area contributed by atoms with Gasteiger partial charge in [0.1, 0.15) is 0 Å². The minimum absolute atomic E-state index is 0.127. The Hall–Kier alpha value is -1.19. The molecule has 0 radical (unpaired) electrons. The molecular weight excluding hydrogens is 262 g/mol. The van der Waals surface area contributed by atoms with Crippen LogP contribution in [0.5, 0.6) is 0 Å². The molecule has 0 heterocycles. The van der Waals surface area contributed by atoms with Gasteiger partial charge in [-0.25, -0.2) is 0 Å². The summed E-state index contributed by atoms with van der Waals surface area (Å²) in [5.74, 6) is 0.127. The van der Waals surface area contributed by atoms with Gasteiger partial charge in [-0.05, 0) is 57.9 Å². The lowest BCUT2D eigenvalue weighted by Gasteiger charge is -2.32. The van der Waals surface area contributed by atoms with Gasteiger partial charge in [0.05, 0.1) is 11.6 Å². The summed E-state index contributed by atoms with van der Waals surface area (Å²) in [4.78, 5) is 14.6. The second-order valence-electron chi connectivity index (χ2n) is 6.69. The second-order valence-corrected chi connectivity index (χ2v) is 6.69. The molecule has 3 heteroatoms. The van der Waals surface area contributed by atoms with Crippen molar-refractivity contribution in [2.24, 2.45) is 0 Å². The number of aryl methyl sites for hydroxylation is 2. The predicted molar refractivity (Wildman–Crippen MR) is 85.8 cm³/mol. The summed E-state index contributed by atoms with van der Waals surface area (Å²) in [6.07, 6.45) is 3.87. The third-order valence-corrected chi connectivity index (χ3v) is 4.91. The van der Waals surface area contributed by atoms with Crippen LogP contribution in [0.1, 0.15) is 54.1 Å². The van der Waals surface area contributed by atoms with Gasteiger partial charge in [0.2, 0.25) is 0 Å². The molecule has 0 bridgehead atoms. The van der Waals surface area contributed by atoms with Gasteiger partial charge in [0, 0.05) is 12.1 Å². The molecule has 116 valence electrons. The van der Waals surface area contributed by atoms with Gasteiger partial charge in [0.15, 0.2) is 5.78 Å². The molecule has 2 rings (SSSR count). The number of Topliss-reactive ketones (excluding diaryl/α,β-unsaturated/α-hetero) is 1. The topological polar surface area (TPSA) is 40.5 Å². The van der Waals surface area contributed by atoms with Gasteiger partial charge >= 0.3 is 0 Å². The van der Waals surface area contributed by atoms with Crippen LogP contribution < -0.4 is 0 Å². The van der Waals surface area contributed by atoms with E-state index in [-0.39, 0.29) is 11.8 Å². The van der Waals surface area contributed by atoms with Gasteiger partial charge in [-0.15, -0.1) is 0 Å². The van der Waals surface area contributed by atoms with E-state index in [1.807, 2.05) is 44.0 Å². The van der Waals surface area contributed by atoms with Crippen molar-refractivity contribution in [3.8, 4) is 0 Å². The molecule has 1 N–H and O–H groups in total. The Balaban J connectivity index is 2.05. The van der Waals surface area contributed by atoms with Crippen LogP contribution in [0.25, 0.3) is 0 Å². The number of hydrogen-bond donors (Lipinski definition) is 1. The smallest absolute Gasteiger partial charge is 0.179 e. The molecule has 1 fully saturated rings. The Morgan fingerprint density at radius 3 is 2.48 bits per heavy atom. The van der Waals surface area contributed by atoms with Crippen molar-refractivity contribution >= 4 is 5.78 Å². The van der Waals surface area contributed by atoms with E-state index >= 15 is 0 Å². The van der Waals surface area contributed by atoms with E-state index in [0.717, 1.165) is 36.8 Å². The van der Waals surface area contributed by atoms with Crippen molar-refractivity contribution < 1.29 is 9.90 Å². The standard InChI is InChI=1S/C18H27NO2/c1-13-7-8-16(11-14(13)2)17(20)15(3)19(4)12-18(21)9-5-6-10-18/h7-8,11,15,21H,5-6,9-10,12H2,1-4H3. The van der Waals surface area contributed by atoms with Crippen LogP contribution in [0.2, 0.25) is 0 Å². The van der Waals surface area contributed by atoms with Crippen LogP contribution in [-0.2, 0) is 0 Å². The largest absolute Gasteiger partial charge is 0.389 e. The summed E-state index contributed by atoms with van der Waals surface area (Å²) in [6.45, 7) is 6.58. The molecule has 1 atom stereocenters. The molecule has 1 aliphatic rings. The minimum Gasteiger partial charge on any atom is -0.389 e. The number of rotatable bonds is 5. The lowest BCUT2D eigenvalue weighted by molar-refractivity contribution is 0.00855. The molecule has 0 aromatic heterocycles. The van der Waals surface area contributed by atoms with Crippen LogP contribution in [0.15, 0.2) is 18.2 Å². The number of nitrogens with zero attached hydrogens (tertiary/aromatic N) is 1. The van der Waals surface area contributed by atoms with Crippen molar-refractivity contribution in [1.29, 1.82) is 0 Å². The van der Waals surface area contributed by atoms with Crippen molar-refractivity contribution in [2.75, 3.05) is 13.6 Å². The molecule has 1 unspecified atom stereocenters. The molecule has 0 saturated heterocycles. The molecule has 1 aromatic carbocycles. The van der Waals surface area contributed by atoms with Crippen molar-refractivity contribution in [2.45, 2.75) is 58.1 Å². The van der Waals surface area contributed by atoms with E-state index < -0.39 is 5.60 Å². The van der Waals surface area contributed by atoms with Gasteiger partial charge in [-0.2, -0.15) is 0 Å². The van der Waals surface area contributed by atoms with Gasteiger partial charge in [-0.3, -0.25) is 9.69 Å². The summed E-state index contributed by atoms with van der Waals surface area (Å²) in [5, 5.41) is 10.5. The van der Waals surface area contributed by atoms with Crippen LogP contribution in [-0.4, -0.2) is 41.0 Å². The maximum atomic E-state index is 12.6. The molecule has 21 heavy (non-hydrogen) atoms. The number of likely N-dealkylation sites (N-methyl/N-ethyl adjacent to an activating group) is 1. The molecule has 1 aromatic rings. The summed E-state index contributed by atoms with van der Waals surface area (Å²) < 4.78 is 0. The molecule has 3 nitrogen and oxygen atoms in total. The van der Waals surface area contributed by atoms with Gasteiger partial charge in [0.25, 0.3) is 0 Å². The third-order valence-electron chi connectivity index (χ3n) is 4.91. The number of carbonyl (C=O) groups excluding carboxylic acids is 1. The fourth-order valence-corrected chi connectivity index (χ4v) is 3.13. The number of hydrogen-bond acceptors (Lipinski definition) is 3. The summed E-state index contributed by atoms with van der Waals surface area (Å²) in [7, 11) is 1.93. The summed E-state index contributed by atoms with van der Waals surface area (Å²) in [5.41, 5.74) is 2.50. The van der Waals surface area contributed by atoms with Crippen molar-refractivity contribution in [3.05, 3.63) is 34.9 Å². The van der Waals surface area contributed by atoms with Gasteiger partial charge < -0.3 is 5.11 Å². The highest BCUT2D eigenvalue weighted by atomic mass is 16.3. The Bertz CT molecular complexity index is 518. The van der Waals surface area contributed by atoms with Crippen LogP contribution in [0.3, 0.4) is 0 Å². The minimum atomic E-state index is -0.605. The van der Waals surface area contributed by atoms with Crippen LogP contribution in [0.4, 0.5) is 0 Å². The van der Waals surface area contributed by atoms with Gasteiger partial charge in [-0.1, -0.05) is 25.0 Å². The fourth-order valence-electron chi connectivity index (χ4n) is 3.13. The molecule has 0 spiro atoms. The quantitative estimate of drug-likeness (QED) is 0.847. The maximum Gasteiger partial charge on any atom is 0.179 e. The third kappa shape index (κ3) is 3.72. The average Bonchev–Trinajstić information content (AvgIpc) is 2.86. The zero-order chi connectivity index (χ0) is 15.6. The summed E-state index contributed by atoms with van der Waals surface area (Å²) >= 11 is 0. The number of ketones is 1. The first-order valence-electron chi connectivity index (χ1n) is 7.86. The van der Waals surface area contributed by atoms with E-state index in [2.05, 4.69) is 6.92 Å². The first kappa shape index (κ1) is 16.2. The predicted octanol–water partition coefficient (Wildman–Crippen LogP) is 3.11. The zero-order valence-electron chi connectivity index (χ0n) is 13.6. The zero-order valence-corrected chi connectivity index (χ0v) is 13.6. The second kappa shape index (κ2) is 6.29. The SMILES string of the molecule is Cc1ccc(C(=O)C(C)N(C)CC2(O)CCCC2)cc1C. The number of benzene rings is 1. The lowest BCUT2D eigenvalue weighted by atomic mass is 9.97. The van der Waals surface area contributed by atoms with Crippen molar-refractivity contribution in [3.63, 3.8) is 0 Å². The Morgan fingerprint density at radius 2 is 1.90 bits per heavy atom.